The number of hydrogen-bond acceptors (Lipinski definition) is 4. The molecule has 0 aliphatic carbocycles. The molecule has 1 aromatic carbocycles. The Labute approximate surface area is 117 Å². The summed E-state index contributed by atoms with van der Waals surface area (Å²) in [5.41, 5.74) is -0.0351. The van der Waals surface area contributed by atoms with Gasteiger partial charge in [-0.25, -0.2) is 4.79 Å². The average molecular weight is 281 g/mol. The van der Waals surface area contributed by atoms with Gasteiger partial charge in [0.05, 0.1) is 6.61 Å². The highest BCUT2D eigenvalue weighted by Crippen LogP contribution is 2.32. The zero-order chi connectivity index (χ0) is 15.1. The Morgan fingerprint density at radius 1 is 1.35 bits per heavy atom. The van der Waals surface area contributed by atoms with Crippen LogP contribution in [0.3, 0.4) is 0 Å². The van der Waals surface area contributed by atoms with Crippen molar-refractivity contribution in [2.75, 3.05) is 13.2 Å². The van der Waals surface area contributed by atoms with Crippen molar-refractivity contribution in [3.8, 4) is 11.5 Å². The third-order valence-corrected chi connectivity index (χ3v) is 2.52. The first-order valence-corrected chi connectivity index (χ1v) is 6.44. The molecule has 1 atom stereocenters. The molecule has 1 unspecified atom stereocenters. The van der Waals surface area contributed by atoms with Crippen LogP contribution in [0.2, 0.25) is 0 Å². The highest BCUT2D eigenvalue weighted by atomic mass is 16.5. The fraction of sp³-hybridized carbons (Fsp3) is 0.429. The van der Waals surface area contributed by atoms with E-state index >= 15 is 0 Å². The molecule has 6 nitrogen and oxygen atoms in total. The van der Waals surface area contributed by atoms with Gasteiger partial charge >= 0.3 is 5.97 Å². The first-order chi connectivity index (χ1) is 9.51. The van der Waals surface area contributed by atoms with Gasteiger partial charge in [0.1, 0.15) is 5.56 Å². The Bertz CT molecular complexity index is 486. The highest BCUT2D eigenvalue weighted by molar-refractivity contribution is 5.92. The Hall–Kier alpha value is -2.24. The van der Waals surface area contributed by atoms with Crippen LogP contribution in [0.25, 0.3) is 0 Å². The van der Waals surface area contributed by atoms with Gasteiger partial charge in [-0.05, 0) is 32.9 Å². The largest absolute Gasteiger partial charge is 0.490 e. The number of hydrogen-bond donors (Lipinski definition) is 2. The van der Waals surface area contributed by atoms with Crippen LogP contribution in [0.5, 0.6) is 11.5 Å². The van der Waals surface area contributed by atoms with Crippen molar-refractivity contribution in [3.63, 3.8) is 0 Å². The van der Waals surface area contributed by atoms with E-state index in [1.165, 1.54) is 6.07 Å². The lowest BCUT2D eigenvalue weighted by atomic mass is 10.2. The molecular formula is C14H19NO5. The second-order valence-electron chi connectivity index (χ2n) is 4.03. The van der Waals surface area contributed by atoms with Crippen molar-refractivity contribution in [2.24, 2.45) is 0 Å². The number of rotatable bonds is 7. The van der Waals surface area contributed by atoms with Gasteiger partial charge in [-0.15, -0.1) is 0 Å². The third kappa shape index (κ3) is 3.88. The minimum atomic E-state index is -1.13. The molecule has 0 aromatic heterocycles. The van der Waals surface area contributed by atoms with Crippen molar-refractivity contribution < 1.29 is 24.2 Å². The van der Waals surface area contributed by atoms with Gasteiger partial charge < -0.3 is 19.9 Å². The number of benzene rings is 1. The number of ether oxygens (including phenoxy) is 2. The van der Waals surface area contributed by atoms with Crippen molar-refractivity contribution in [3.05, 3.63) is 23.8 Å². The lowest BCUT2D eigenvalue weighted by Gasteiger charge is -2.18. The van der Waals surface area contributed by atoms with Crippen molar-refractivity contribution in [1.29, 1.82) is 0 Å². The monoisotopic (exact) mass is 281 g/mol. The Kier molecular flexibility index (Phi) is 5.83. The molecule has 110 valence electrons. The zero-order valence-corrected chi connectivity index (χ0v) is 11.8. The molecule has 0 heterocycles. The van der Waals surface area contributed by atoms with Crippen LogP contribution in [0.15, 0.2) is 18.2 Å². The molecule has 1 rings (SSSR count). The van der Waals surface area contributed by atoms with Crippen LogP contribution < -0.4 is 14.8 Å². The summed E-state index contributed by atoms with van der Waals surface area (Å²) in [5.74, 6) is -1.07. The lowest BCUT2D eigenvalue weighted by molar-refractivity contribution is -0.127. The molecule has 0 saturated heterocycles. The van der Waals surface area contributed by atoms with Gasteiger partial charge in [-0.3, -0.25) is 4.79 Å². The number of nitrogens with one attached hydrogen (secondary N) is 1. The van der Waals surface area contributed by atoms with Crippen LogP contribution in [-0.4, -0.2) is 36.2 Å². The number of carbonyl (C=O) groups is 2. The molecule has 1 amide bonds. The molecule has 0 saturated carbocycles. The van der Waals surface area contributed by atoms with Crippen LogP contribution in [0.1, 0.15) is 31.1 Å². The summed E-state index contributed by atoms with van der Waals surface area (Å²) in [6.45, 7) is 5.98. The molecule has 0 fully saturated rings. The van der Waals surface area contributed by atoms with E-state index in [0.717, 1.165) is 0 Å². The summed E-state index contributed by atoms with van der Waals surface area (Å²) in [4.78, 5) is 22.9. The first kappa shape index (κ1) is 15.8. The maximum atomic E-state index is 11.7. The van der Waals surface area contributed by atoms with Gasteiger partial charge in [-0.2, -0.15) is 0 Å². The van der Waals surface area contributed by atoms with E-state index in [1.807, 2.05) is 0 Å². The standard InChI is InChI=1S/C14H19NO5/c1-4-15-13(16)9(3)20-12-10(14(17)18)7-6-8-11(12)19-5-2/h6-9H,4-5H2,1-3H3,(H,15,16)(H,17,18). The fourth-order valence-corrected chi connectivity index (χ4v) is 1.62. The zero-order valence-electron chi connectivity index (χ0n) is 11.8. The molecule has 0 spiro atoms. The summed E-state index contributed by atoms with van der Waals surface area (Å²) < 4.78 is 10.8. The second kappa shape index (κ2) is 7.37. The molecule has 2 N–H and O–H groups in total. The van der Waals surface area contributed by atoms with Gasteiger partial charge in [-0.1, -0.05) is 6.07 Å². The SMILES string of the molecule is CCNC(=O)C(C)Oc1c(OCC)cccc1C(=O)O. The van der Waals surface area contributed by atoms with Crippen LogP contribution in [0.4, 0.5) is 0 Å². The van der Waals surface area contributed by atoms with Crippen molar-refractivity contribution in [1.82, 2.24) is 5.32 Å². The number of carbonyl (C=O) groups excluding carboxylic acids is 1. The number of carboxylic acids is 1. The maximum Gasteiger partial charge on any atom is 0.339 e. The van der Waals surface area contributed by atoms with E-state index in [9.17, 15) is 14.7 Å². The number of aromatic carboxylic acids is 1. The van der Waals surface area contributed by atoms with Crippen LogP contribution >= 0.6 is 0 Å². The first-order valence-electron chi connectivity index (χ1n) is 6.44. The minimum absolute atomic E-state index is 0.0351. The average Bonchev–Trinajstić information content (AvgIpc) is 2.40. The molecule has 0 aliphatic rings. The number of likely N-dealkylation sites (N-methyl/N-ethyl adjacent to an activating group) is 1. The predicted molar refractivity (Wildman–Crippen MR) is 73.3 cm³/mol. The Morgan fingerprint density at radius 3 is 2.60 bits per heavy atom. The summed E-state index contributed by atoms with van der Waals surface area (Å²) in [7, 11) is 0. The van der Waals surface area contributed by atoms with Crippen molar-refractivity contribution >= 4 is 11.9 Å². The van der Waals surface area contributed by atoms with E-state index in [4.69, 9.17) is 9.47 Å². The third-order valence-electron chi connectivity index (χ3n) is 2.52. The number of para-hydroxylation sites is 1. The van der Waals surface area contributed by atoms with Gasteiger partial charge in [0.2, 0.25) is 0 Å². The van der Waals surface area contributed by atoms with Gasteiger partial charge in [0.25, 0.3) is 5.91 Å². The van der Waals surface area contributed by atoms with E-state index < -0.39 is 12.1 Å². The van der Waals surface area contributed by atoms with Gasteiger partial charge in [0, 0.05) is 6.54 Å². The number of carboxylic acid groups (broad SMARTS) is 1. The molecule has 0 bridgehead atoms. The number of amides is 1. The van der Waals surface area contributed by atoms with Crippen LogP contribution in [0, 0.1) is 0 Å². The maximum absolute atomic E-state index is 11.7. The van der Waals surface area contributed by atoms with E-state index in [0.29, 0.717) is 18.9 Å². The fourth-order valence-electron chi connectivity index (χ4n) is 1.62. The molecule has 0 aliphatic heterocycles. The topological polar surface area (TPSA) is 84.9 Å². The smallest absolute Gasteiger partial charge is 0.339 e. The molecule has 20 heavy (non-hydrogen) atoms. The lowest BCUT2D eigenvalue weighted by Crippen LogP contribution is -2.36. The van der Waals surface area contributed by atoms with Gasteiger partial charge in [0.15, 0.2) is 17.6 Å². The van der Waals surface area contributed by atoms with E-state index in [1.54, 1.807) is 32.9 Å². The normalized spacial score (nSPS) is 11.6. The second-order valence-corrected chi connectivity index (χ2v) is 4.03. The quantitative estimate of drug-likeness (QED) is 0.794. The van der Waals surface area contributed by atoms with E-state index in [2.05, 4.69) is 5.32 Å². The Morgan fingerprint density at radius 2 is 2.05 bits per heavy atom. The molecule has 1 aromatic rings. The van der Waals surface area contributed by atoms with Crippen LogP contribution in [-0.2, 0) is 4.79 Å². The predicted octanol–water partition coefficient (Wildman–Crippen LogP) is 1.69. The highest BCUT2D eigenvalue weighted by Gasteiger charge is 2.21. The Balaban J connectivity index is 3.06. The summed E-state index contributed by atoms with van der Waals surface area (Å²) in [5, 5.41) is 11.8. The summed E-state index contributed by atoms with van der Waals surface area (Å²) >= 11 is 0. The molecule has 6 heteroatoms. The summed E-state index contributed by atoms with van der Waals surface area (Å²) in [6.07, 6.45) is -0.811. The molecule has 0 radical (unpaired) electrons. The van der Waals surface area contributed by atoms with E-state index in [-0.39, 0.29) is 17.2 Å². The minimum Gasteiger partial charge on any atom is -0.490 e. The molecular weight excluding hydrogens is 262 g/mol. The van der Waals surface area contributed by atoms with Crippen molar-refractivity contribution in [2.45, 2.75) is 26.9 Å². The summed E-state index contributed by atoms with van der Waals surface area (Å²) in [6, 6.07) is 4.58.